The summed E-state index contributed by atoms with van der Waals surface area (Å²) in [5, 5.41) is 16.9. The molecule has 0 radical (unpaired) electrons. The maximum atomic E-state index is 10.9. The molecule has 5 heteroatoms. The van der Waals surface area contributed by atoms with Gasteiger partial charge in [0, 0.05) is 5.41 Å². The lowest BCUT2D eigenvalue weighted by atomic mass is 9.76. The van der Waals surface area contributed by atoms with E-state index in [1.165, 1.54) is 6.33 Å². The van der Waals surface area contributed by atoms with E-state index in [1.807, 2.05) is 38.3 Å². The molecule has 2 rings (SSSR count). The highest BCUT2D eigenvalue weighted by Gasteiger charge is 2.39. The number of nitrogens with zero attached hydrogens (tertiary/aromatic N) is 3. The van der Waals surface area contributed by atoms with Crippen molar-refractivity contribution in [3.8, 4) is 11.8 Å². The van der Waals surface area contributed by atoms with Crippen LogP contribution >= 0.6 is 11.3 Å². The molecule has 0 aliphatic carbocycles. The Kier molecular flexibility index (Phi) is 3.74. The van der Waals surface area contributed by atoms with Gasteiger partial charge in [0.25, 0.3) is 0 Å². The van der Waals surface area contributed by atoms with Crippen LogP contribution in [0.4, 0.5) is 0 Å². The maximum absolute atomic E-state index is 10.9. The van der Waals surface area contributed by atoms with Gasteiger partial charge in [0.1, 0.15) is 18.3 Å². The van der Waals surface area contributed by atoms with Crippen molar-refractivity contribution < 1.29 is 5.11 Å². The van der Waals surface area contributed by atoms with Gasteiger partial charge in [-0.2, -0.15) is 5.10 Å². The monoisotopic (exact) mass is 275 g/mol. The first-order valence-corrected chi connectivity index (χ1v) is 6.90. The average molecular weight is 275 g/mol. The molecular weight excluding hydrogens is 258 g/mol. The Morgan fingerprint density at radius 1 is 1.42 bits per heavy atom. The van der Waals surface area contributed by atoms with Gasteiger partial charge in [-0.15, -0.1) is 11.3 Å². The van der Waals surface area contributed by atoms with Gasteiger partial charge in [-0.25, -0.2) is 9.67 Å². The summed E-state index contributed by atoms with van der Waals surface area (Å²) in [6.45, 7) is 6.20. The Balaban J connectivity index is 2.30. The topological polar surface area (TPSA) is 50.9 Å². The van der Waals surface area contributed by atoms with Gasteiger partial charge < -0.3 is 5.11 Å². The van der Waals surface area contributed by atoms with Crippen molar-refractivity contribution in [2.45, 2.75) is 32.9 Å². The zero-order valence-electron chi connectivity index (χ0n) is 11.3. The Morgan fingerprint density at radius 2 is 2.21 bits per heavy atom. The van der Waals surface area contributed by atoms with Gasteiger partial charge in [0.2, 0.25) is 0 Å². The van der Waals surface area contributed by atoms with Crippen LogP contribution < -0.4 is 0 Å². The first-order valence-electron chi connectivity index (χ1n) is 6.02. The van der Waals surface area contributed by atoms with E-state index in [0.29, 0.717) is 6.54 Å². The molecule has 0 aliphatic heterocycles. The number of hydrogen-bond donors (Lipinski definition) is 1. The molecule has 4 nitrogen and oxygen atoms in total. The highest BCUT2D eigenvalue weighted by atomic mass is 32.1. The molecule has 0 aromatic carbocycles. The van der Waals surface area contributed by atoms with Crippen LogP contribution in [0.3, 0.4) is 0 Å². The van der Waals surface area contributed by atoms with Crippen LogP contribution in [0, 0.1) is 17.3 Å². The van der Waals surface area contributed by atoms with Crippen molar-refractivity contribution in [3.63, 3.8) is 0 Å². The third-order valence-electron chi connectivity index (χ3n) is 3.01. The van der Waals surface area contributed by atoms with Crippen molar-refractivity contribution in [1.82, 2.24) is 14.8 Å². The lowest BCUT2D eigenvalue weighted by Crippen LogP contribution is -2.45. The molecule has 19 heavy (non-hydrogen) atoms. The number of aromatic nitrogens is 3. The van der Waals surface area contributed by atoms with Gasteiger partial charge >= 0.3 is 0 Å². The second-order valence-corrected chi connectivity index (χ2v) is 6.38. The first kappa shape index (κ1) is 13.8. The Labute approximate surface area is 117 Å². The molecule has 2 heterocycles. The van der Waals surface area contributed by atoms with Gasteiger partial charge in [0.05, 0.1) is 11.4 Å². The Hall–Kier alpha value is -1.64. The molecular formula is C14H17N3OS. The van der Waals surface area contributed by atoms with E-state index in [1.54, 1.807) is 22.3 Å². The summed E-state index contributed by atoms with van der Waals surface area (Å²) in [6.07, 6.45) is 3.04. The standard InChI is InChI=1S/C14H17N3OS/c1-13(2,3)14(18,9-17-11-15-10-16-17)7-6-12-5-4-8-19-12/h4-5,8,10-11,18H,9H2,1-3H3. The fourth-order valence-corrected chi connectivity index (χ4v) is 2.10. The van der Waals surface area contributed by atoms with Crippen LogP contribution in [0.25, 0.3) is 0 Å². The van der Waals surface area contributed by atoms with Crippen LogP contribution in [0.1, 0.15) is 25.6 Å². The van der Waals surface area contributed by atoms with E-state index in [9.17, 15) is 5.11 Å². The molecule has 0 saturated heterocycles. The van der Waals surface area contributed by atoms with Crippen molar-refractivity contribution in [2.24, 2.45) is 5.41 Å². The first-order chi connectivity index (χ1) is 8.91. The van der Waals surface area contributed by atoms with Crippen molar-refractivity contribution in [1.29, 1.82) is 0 Å². The van der Waals surface area contributed by atoms with Gasteiger partial charge in [0.15, 0.2) is 0 Å². The predicted molar refractivity (Wildman–Crippen MR) is 75.6 cm³/mol. The Bertz CT molecular complexity index is 572. The van der Waals surface area contributed by atoms with Crippen LogP contribution in [-0.4, -0.2) is 25.5 Å². The molecule has 100 valence electrons. The zero-order valence-corrected chi connectivity index (χ0v) is 12.1. The van der Waals surface area contributed by atoms with E-state index >= 15 is 0 Å². The fourth-order valence-electron chi connectivity index (χ4n) is 1.53. The summed E-state index contributed by atoms with van der Waals surface area (Å²) in [4.78, 5) is 4.84. The normalized spacial score (nSPS) is 14.5. The fraction of sp³-hybridized carbons (Fsp3) is 0.429. The smallest absolute Gasteiger partial charge is 0.150 e. The van der Waals surface area contributed by atoms with Gasteiger partial charge in [-0.05, 0) is 11.4 Å². The molecule has 2 aromatic rings. The van der Waals surface area contributed by atoms with E-state index in [0.717, 1.165) is 4.88 Å². The zero-order chi connectivity index (χ0) is 13.9. The molecule has 0 spiro atoms. The summed E-state index contributed by atoms with van der Waals surface area (Å²) < 4.78 is 1.61. The van der Waals surface area contributed by atoms with E-state index in [-0.39, 0.29) is 5.41 Å². The van der Waals surface area contributed by atoms with Crippen LogP contribution in [0.5, 0.6) is 0 Å². The summed E-state index contributed by atoms with van der Waals surface area (Å²) in [7, 11) is 0. The van der Waals surface area contributed by atoms with Crippen molar-refractivity contribution >= 4 is 11.3 Å². The predicted octanol–water partition coefficient (Wildman–Crippen LogP) is 2.17. The average Bonchev–Trinajstić information content (AvgIpc) is 2.97. The number of rotatable bonds is 2. The molecule has 1 N–H and O–H groups in total. The molecule has 0 aliphatic rings. The molecule has 0 bridgehead atoms. The highest BCUT2D eigenvalue weighted by Crippen LogP contribution is 2.31. The highest BCUT2D eigenvalue weighted by molar-refractivity contribution is 7.10. The van der Waals surface area contributed by atoms with Crippen LogP contribution in [0.15, 0.2) is 30.2 Å². The molecule has 1 unspecified atom stereocenters. The quantitative estimate of drug-likeness (QED) is 0.855. The summed E-state index contributed by atoms with van der Waals surface area (Å²) in [5.74, 6) is 6.05. The SMILES string of the molecule is CC(C)(C)C(O)(C#Cc1cccs1)Cn1cncn1. The lowest BCUT2D eigenvalue weighted by Gasteiger charge is -2.35. The van der Waals surface area contributed by atoms with E-state index in [2.05, 4.69) is 21.9 Å². The van der Waals surface area contributed by atoms with Crippen molar-refractivity contribution in [3.05, 3.63) is 35.0 Å². The molecule has 0 amide bonds. The third-order valence-corrected chi connectivity index (χ3v) is 3.80. The molecule has 1 atom stereocenters. The summed E-state index contributed by atoms with van der Waals surface area (Å²) in [5.41, 5.74) is -1.55. The van der Waals surface area contributed by atoms with Crippen LogP contribution in [-0.2, 0) is 6.54 Å². The van der Waals surface area contributed by atoms with Gasteiger partial charge in [-0.3, -0.25) is 0 Å². The third kappa shape index (κ3) is 3.22. The summed E-state index contributed by atoms with van der Waals surface area (Å²) in [6, 6.07) is 3.89. The minimum atomic E-state index is -1.16. The maximum Gasteiger partial charge on any atom is 0.150 e. The second-order valence-electron chi connectivity index (χ2n) is 5.43. The number of aliphatic hydroxyl groups is 1. The van der Waals surface area contributed by atoms with E-state index in [4.69, 9.17) is 0 Å². The van der Waals surface area contributed by atoms with Crippen LogP contribution in [0.2, 0.25) is 0 Å². The molecule has 0 saturated carbocycles. The van der Waals surface area contributed by atoms with Crippen molar-refractivity contribution in [2.75, 3.05) is 0 Å². The van der Waals surface area contributed by atoms with E-state index < -0.39 is 5.60 Å². The Morgan fingerprint density at radius 3 is 2.74 bits per heavy atom. The molecule has 0 fully saturated rings. The number of thiophene rings is 1. The lowest BCUT2D eigenvalue weighted by molar-refractivity contribution is -0.0214. The minimum absolute atomic E-state index is 0.300. The summed E-state index contributed by atoms with van der Waals surface area (Å²) >= 11 is 1.56. The second kappa shape index (κ2) is 5.16. The largest absolute Gasteiger partial charge is 0.375 e. The molecule has 2 aromatic heterocycles. The number of hydrogen-bond acceptors (Lipinski definition) is 4. The minimum Gasteiger partial charge on any atom is -0.375 e. The van der Waals surface area contributed by atoms with Gasteiger partial charge in [-0.1, -0.05) is 38.7 Å².